The van der Waals surface area contributed by atoms with Crippen LogP contribution in [0.3, 0.4) is 0 Å². The van der Waals surface area contributed by atoms with Gasteiger partial charge in [-0.2, -0.15) is 13.2 Å². The molecule has 0 spiro atoms. The first kappa shape index (κ1) is 12.5. The summed E-state index contributed by atoms with van der Waals surface area (Å²) in [6.07, 6.45) is -1.31. The zero-order valence-electron chi connectivity index (χ0n) is 8.66. The quantitative estimate of drug-likeness (QED) is 0.793. The van der Waals surface area contributed by atoms with E-state index in [1.807, 2.05) is 0 Å². The van der Waals surface area contributed by atoms with Crippen molar-refractivity contribution in [3.8, 4) is 0 Å². The van der Waals surface area contributed by atoms with Crippen LogP contribution in [-0.4, -0.2) is 35.6 Å². The van der Waals surface area contributed by atoms with Crippen LogP contribution < -0.4 is 0 Å². The average molecular weight is 232 g/mol. The molecule has 0 aliphatic rings. The number of halogens is 3. The van der Waals surface area contributed by atoms with Gasteiger partial charge in [0, 0.05) is 26.0 Å². The van der Waals surface area contributed by atoms with Gasteiger partial charge in [-0.3, -0.25) is 9.78 Å². The number of amides is 1. The molecule has 0 fully saturated rings. The van der Waals surface area contributed by atoms with Crippen LogP contribution in [0.2, 0.25) is 0 Å². The van der Waals surface area contributed by atoms with Crippen molar-refractivity contribution in [3.63, 3.8) is 0 Å². The van der Waals surface area contributed by atoms with E-state index in [0.29, 0.717) is 11.3 Å². The molecule has 16 heavy (non-hydrogen) atoms. The van der Waals surface area contributed by atoms with Crippen molar-refractivity contribution in [1.29, 1.82) is 0 Å². The Bertz CT molecular complexity index is 351. The van der Waals surface area contributed by atoms with E-state index in [-0.39, 0.29) is 6.54 Å². The highest BCUT2D eigenvalue weighted by Gasteiger charge is 2.40. The second kappa shape index (κ2) is 4.96. The van der Waals surface area contributed by atoms with E-state index in [2.05, 4.69) is 4.98 Å². The number of hydrogen-bond donors (Lipinski definition) is 0. The average Bonchev–Trinajstić information content (AvgIpc) is 2.25. The van der Waals surface area contributed by atoms with E-state index in [0.717, 1.165) is 12.6 Å². The first-order valence-corrected chi connectivity index (χ1v) is 4.62. The lowest BCUT2D eigenvalue weighted by Gasteiger charge is -2.18. The van der Waals surface area contributed by atoms with E-state index in [4.69, 9.17) is 0 Å². The maximum absolute atomic E-state index is 12.0. The lowest BCUT2D eigenvalue weighted by atomic mass is 10.2. The molecule has 0 aliphatic heterocycles. The Morgan fingerprint density at radius 3 is 2.44 bits per heavy atom. The normalized spacial score (nSPS) is 11.2. The Morgan fingerprint density at radius 2 is 1.94 bits per heavy atom. The largest absolute Gasteiger partial charge is 0.471 e. The molecule has 0 bridgehead atoms. The molecule has 0 atom stereocenters. The fourth-order valence-corrected chi connectivity index (χ4v) is 1.16. The summed E-state index contributed by atoms with van der Waals surface area (Å²) in [7, 11) is 1.14. The van der Waals surface area contributed by atoms with E-state index < -0.39 is 12.1 Å². The predicted molar refractivity (Wildman–Crippen MR) is 51.6 cm³/mol. The monoisotopic (exact) mass is 232 g/mol. The molecule has 88 valence electrons. The van der Waals surface area contributed by atoms with E-state index in [9.17, 15) is 18.0 Å². The van der Waals surface area contributed by atoms with E-state index in [1.54, 1.807) is 24.5 Å². The van der Waals surface area contributed by atoms with Crippen LogP contribution in [0, 0.1) is 0 Å². The second-order valence-corrected chi connectivity index (χ2v) is 3.33. The molecule has 0 N–H and O–H groups in total. The molecule has 3 nitrogen and oxygen atoms in total. The van der Waals surface area contributed by atoms with Gasteiger partial charge in [-0.05, 0) is 24.1 Å². The molecule has 0 aromatic carbocycles. The minimum atomic E-state index is -4.80. The molecule has 0 unspecified atom stereocenters. The Morgan fingerprint density at radius 1 is 1.38 bits per heavy atom. The van der Waals surface area contributed by atoms with Crippen molar-refractivity contribution in [3.05, 3.63) is 30.1 Å². The van der Waals surface area contributed by atoms with Gasteiger partial charge in [0.2, 0.25) is 0 Å². The van der Waals surface area contributed by atoms with Crippen LogP contribution in [0.1, 0.15) is 5.56 Å². The molecule has 1 rings (SSSR count). The third-order valence-electron chi connectivity index (χ3n) is 2.07. The van der Waals surface area contributed by atoms with Crippen LogP contribution >= 0.6 is 0 Å². The Labute approximate surface area is 90.9 Å². The standard InChI is InChI=1S/C10H11F3N2O/c1-15(9(16)10(11,12)13)7-4-8-2-5-14-6-3-8/h2-3,5-6H,4,7H2,1H3. The van der Waals surface area contributed by atoms with Crippen molar-refractivity contribution in [1.82, 2.24) is 9.88 Å². The Hall–Kier alpha value is -1.59. The summed E-state index contributed by atoms with van der Waals surface area (Å²) in [5, 5.41) is 0. The number of pyridine rings is 1. The minimum absolute atomic E-state index is 0.0301. The van der Waals surface area contributed by atoms with Gasteiger partial charge >= 0.3 is 12.1 Å². The number of nitrogens with zero attached hydrogens (tertiary/aromatic N) is 2. The fraction of sp³-hybridized carbons (Fsp3) is 0.400. The lowest BCUT2D eigenvalue weighted by Crippen LogP contribution is -2.39. The number of aromatic nitrogens is 1. The van der Waals surface area contributed by atoms with Crippen LogP contribution in [0.15, 0.2) is 24.5 Å². The van der Waals surface area contributed by atoms with Gasteiger partial charge in [0.15, 0.2) is 0 Å². The van der Waals surface area contributed by atoms with Gasteiger partial charge in [0.05, 0.1) is 0 Å². The molecule has 0 saturated carbocycles. The van der Waals surface area contributed by atoms with Gasteiger partial charge in [-0.1, -0.05) is 0 Å². The molecule has 6 heteroatoms. The second-order valence-electron chi connectivity index (χ2n) is 3.33. The summed E-state index contributed by atoms with van der Waals surface area (Å²) in [5.41, 5.74) is 0.844. The van der Waals surface area contributed by atoms with Crippen molar-refractivity contribution in [2.75, 3.05) is 13.6 Å². The zero-order valence-corrected chi connectivity index (χ0v) is 8.66. The van der Waals surface area contributed by atoms with Gasteiger partial charge in [-0.15, -0.1) is 0 Å². The maximum atomic E-state index is 12.0. The number of hydrogen-bond acceptors (Lipinski definition) is 2. The molecule has 0 radical (unpaired) electrons. The highest BCUT2D eigenvalue weighted by atomic mass is 19.4. The topological polar surface area (TPSA) is 33.2 Å². The first-order valence-electron chi connectivity index (χ1n) is 4.62. The van der Waals surface area contributed by atoms with Gasteiger partial charge in [0.25, 0.3) is 0 Å². The molecular formula is C10H11F3N2O. The highest BCUT2D eigenvalue weighted by Crippen LogP contribution is 2.17. The third kappa shape index (κ3) is 3.52. The predicted octanol–water partition coefficient (Wildman–Crippen LogP) is 1.64. The van der Waals surface area contributed by atoms with E-state index in [1.165, 1.54) is 0 Å². The Kier molecular flexibility index (Phi) is 3.87. The molecular weight excluding hydrogens is 221 g/mol. The van der Waals surface area contributed by atoms with Crippen LogP contribution in [0.25, 0.3) is 0 Å². The van der Waals surface area contributed by atoms with Gasteiger partial charge in [0.1, 0.15) is 0 Å². The molecule has 0 saturated heterocycles. The number of carbonyl (C=O) groups excluding carboxylic acids is 1. The summed E-state index contributed by atoms with van der Waals surface area (Å²) in [6, 6.07) is 3.40. The van der Waals surface area contributed by atoms with Crippen molar-refractivity contribution in [2.24, 2.45) is 0 Å². The van der Waals surface area contributed by atoms with Gasteiger partial charge < -0.3 is 4.90 Å². The number of rotatable bonds is 3. The molecule has 1 aromatic heterocycles. The van der Waals surface area contributed by atoms with Crippen molar-refractivity contribution < 1.29 is 18.0 Å². The van der Waals surface area contributed by atoms with E-state index >= 15 is 0 Å². The maximum Gasteiger partial charge on any atom is 0.471 e. The molecule has 1 amide bonds. The van der Waals surface area contributed by atoms with Crippen molar-refractivity contribution >= 4 is 5.91 Å². The fourth-order valence-electron chi connectivity index (χ4n) is 1.16. The molecule has 0 aliphatic carbocycles. The first-order chi connectivity index (χ1) is 7.41. The van der Waals surface area contributed by atoms with Gasteiger partial charge in [-0.25, -0.2) is 0 Å². The van der Waals surface area contributed by atoms with Crippen LogP contribution in [0.4, 0.5) is 13.2 Å². The highest BCUT2D eigenvalue weighted by molar-refractivity contribution is 5.81. The SMILES string of the molecule is CN(CCc1ccncc1)C(=O)C(F)(F)F. The number of likely N-dealkylation sites (N-methyl/N-ethyl adjacent to an activating group) is 1. The molecule has 1 heterocycles. The van der Waals surface area contributed by atoms with Crippen molar-refractivity contribution in [2.45, 2.75) is 12.6 Å². The molecule has 1 aromatic rings. The smallest absolute Gasteiger partial charge is 0.338 e. The lowest BCUT2D eigenvalue weighted by molar-refractivity contribution is -0.184. The number of alkyl halides is 3. The Balaban J connectivity index is 2.48. The number of carbonyl (C=O) groups is 1. The summed E-state index contributed by atoms with van der Waals surface area (Å²) in [5.74, 6) is -1.82. The third-order valence-corrected chi connectivity index (χ3v) is 2.07. The summed E-state index contributed by atoms with van der Waals surface area (Å²) >= 11 is 0. The van der Waals surface area contributed by atoms with Crippen LogP contribution in [0.5, 0.6) is 0 Å². The summed E-state index contributed by atoms with van der Waals surface area (Å²) < 4.78 is 36.1. The summed E-state index contributed by atoms with van der Waals surface area (Å²) in [4.78, 5) is 15.2. The van der Waals surface area contributed by atoms with Crippen LogP contribution in [-0.2, 0) is 11.2 Å². The zero-order chi connectivity index (χ0) is 12.2. The summed E-state index contributed by atoms with van der Waals surface area (Å²) in [6.45, 7) is 0.0301. The minimum Gasteiger partial charge on any atom is -0.338 e.